The summed E-state index contributed by atoms with van der Waals surface area (Å²) in [6.07, 6.45) is 4.75. The largest absolute Gasteiger partial charge is 0.493 e. The number of hydrogen-bond donors (Lipinski definition) is 2. The molecular weight excluding hydrogens is 314 g/mol. The first-order valence-electron chi connectivity index (χ1n) is 9.64. The Morgan fingerprint density at radius 3 is 2.76 bits per heavy atom. The van der Waals surface area contributed by atoms with Crippen LogP contribution >= 0.6 is 0 Å². The Morgan fingerprint density at radius 1 is 1.16 bits per heavy atom. The van der Waals surface area contributed by atoms with E-state index in [0.29, 0.717) is 6.54 Å². The van der Waals surface area contributed by atoms with Gasteiger partial charge in [0.2, 0.25) is 0 Å². The highest BCUT2D eigenvalue weighted by molar-refractivity contribution is 5.79. The van der Waals surface area contributed by atoms with Crippen molar-refractivity contribution in [3.63, 3.8) is 0 Å². The van der Waals surface area contributed by atoms with Gasteiger partial charge in [0.05, 0.1) is 13.2 Å². The highest BCUT2D eigenvalue weighted by Gasteiger charge is 2.22. The van der Waals surface area contributed by atoms with Gasteiger partial charge < -0.3 is 20.1 Å². The van der Waals surface area contributed by atoms with Gasteiger partial charge in [0.1, 0.15) is 5.75 Å². The maximum absolute atomic E-state index is 5.97. The van der Waals surface area contributed by atoms with E-state index in [2.05, 4.69) is 23.6 Å². The average Bonchev–Trinajstić information content (AvgIpc) is 3.46. The van der Waals surface area contributed by atoms with Crippen LogP contribution in [0.4, 0.5) is 0 Å². The van der Waals surface area contributed by atoms with Crippen LogP contribution in [0.5, 0.6) is 5.75 Å². The van der Waals surface area contributed by atoms with Crippen molar-refractivity contribution in [2.45, 2.75) is 46.1 Å². The van der Waals surface area contributed by atoms with Crippen molar-refractivity contribution in [2.75, 3.05) is 32.9 Å². The van der Waals surface area contributed by atoms with E-state index in [0.717, 1.165) is 68.9 Å². The first kappa shape index (κ1) is 19.6. The highest BCUT2D eigenvalue weighted by atomic mass is 16.5. The molecule has 0 bridgehead atoms. The number of rotatable bonds is 12. The van der Waals surface area contributed by atoms with Gasteiger partial charge in [0.15, 0.2) is 5.96 Å². The number of benzene rings is 1. The predicted molar refractivity (Wildman–Crippen MR) is 103 cm³/mol. The van der Waals surface area contributed by atoms with Crippen LogP contribution in [-0.2, 0) is 11.3 Å². The fraction of sp³-hybridized carbons (Fsp3) is 0.650. The summed E-state index contributed by atoms with van der Waals surface area (Å²) in [6.45, 7) is 8.94. The van der Waals surface area contributed by atoms with Crippen LogP contribution in [0.15, 0.2) is 29.3 Å². The summed E-state index contributed by atoms with van der Waals surface area (Å²) in [5.74, 6) is 2.58. The summed E-state index contributed by atoms with van der Waals surface area (Å²) in [4.78, 5) is 4.70. The fourth-order valence-corrected chi connectivity index (χ4v) is 2.45. The molecule has 1 fully saturated rings. The van der Waals surface area contributed by atoms with Crippen LogP contribution in [0, 0.1) is 5.92 Å². The standard InChI is InChI=1S/C20H33N3O2/c1-3-21-20(22-13-7-8-14-24-4-2)23-15-18-9-5-6-10-19(18)25-16-17-11-12-17/h5-6,9-10,17H,3-4,7-8,11-16H2,1-2H3,(H2,21,22,23). The normalized spacial score (nSPS) is 14.4. The highest BCUT2D eigenvalue weighted by Crippen LogP contribution is 2.30. The van der Waals surface area contributed by atoms with E-state index in [1.807, 2.05) is 25.1 Å². The number of nitrogens with zero attached hydrogens (tertiary/aromatic N) is 1. The molecule has 1 aliphatic carbocycles. The zero-order valence-corrected chi connectivity index (χ0v) is 15.7. The lowest BCUT2D eigenvalue weighted by Gasteiger charge is -2.13. The number of nitrogens with one attached hydrogen (secondary N) is 2. The van der Waals surface area contributed by atoms with E-state index in [9.17, 15) is 0 Å². The molecular formula is C20H33N3O2. The molecule has 0 unspecified atom stereocenters. The Morgan fingerprint density at radius 2 is 2.00 bits per heavy atom. The van der Waals surface area contributed by atoms with Crippen molar-refractivity contribution in [1.29, 1.82) is 0 Å². The monoisotopic (exact) mass is 347 g/mol. The van der Waals surface area contributed by atoms with E-state index in [4.69, 9.17) is 14.5 Å². The molecule has 25 heavy (non-hydrogen) atoms. The van der Waals surface area contributed by atoms with E-state index in [1.165, 1.54) is 12.8 Å². The van der Waals surface area contributed by atoms with Crippen LogP contribution in [-0.4, -0.2) is 38.9 Å². The number of unbranched alkanes of at least 4 members (excludes halogenated alkanes) is 1. The van der Waals surface area contributed by atoms with Crippen molar-refractivity contribution >= 4 is 5.96 Å². The van der Waals surface area contributed by atoms with Gasteiger partial charge in [0, 0.05) is 31.9 Å². The van der Waals surface area contributed by atoms with E-state index in [1.54, 1.807) is 0 Å². The second kappa shape index (κ2) is 11.7. The zero-order chi connectivity index (χ0) is 17.7. The molecule has 0 heterocycles. The van der Waals surface area contributed by atoms with Gasteiger partial charge in [-0.25, -0.2) is 4.99 Å². The Bertz CT molecular complexity index is 515. The van der Waals surface area contributed by atoms with Gasteiger partial charge >= 0.3 is 0 Å². The summed E-state index contributed by atoms with van der Waals surface area (Å²) >= 11 is 0. The summed E-state index contributed by atoms with van der Waals surface area (Å²) in [5.41, 5.74) is 1.14. The summed E-state index contributed by atoms with van der Waals surface area (Å²) in [5, 5.41) is 6.69. The third-order valence-electron chi connectivity index (χ3n) is 4.11. The molecule has 5 heteroatoms. The number of ether oxygens (including phenoxy) is 2. The maximum atomic E-state index is 5.97. The lowest BCUT2D eigenvalue weighted by atomic mass is 10.2. The molecule has 2 rings (SSSR count). The van der Waals surface area contributed by atoms with Crippen LogP contribution < -0.4 is 15.4 Å². The number of guanidine groups is 1. The number of hydrogen-bond acceptors (Lipinski definition) is 3. The molecule has 0 spiro atoms. The first-order valence-corrected chi connectivity index (χ1v) is 9.64. The molecule has 0 saturated heterocycles. The third kappa shape index (κ3) is 8.25. The Balaban J connectivity index is 1.80. The fourth-order valence-electron chi connectivity index (χ4n) is 2.45. The smallest absolute Gasteiger partial charge is 0.191 e. The lowest BCUT2D eigenvalue weighted by Crippen LogP contribution is -2.37. The minimum absolute atomic E-state index is 0.620. The molecule has 0 radical (unpaired) electrons. The van der Waals surface area contributed by atoms with Crippen molar-refractivity contribution < 1.29 is 9.47 Å². The quantitative estimate of drug-likeness (QED) is 0.346. The number of aliphatic imine (C=N–C) groups is 1. The minimum Gasteiger partial charge on any atom is -0.493 e. The summed E-state index contributed by atoms with van der Waals surface area (Å²) in [6, 6.07) is 8.21. The van der Waals surface area contributed by atoms with Gasteiger partial charge in [-0.05, 0) is 51.5 Å². The molecule has 0 aromatic heterocycles. The predicted octanol–water partition coefficient (Wildman–Crippen LogP) is 3.35. The molecule has 1 aromatic rings. The molecule has 1 aliphatic rings. The van der Waals surface area contributed by atoms with Crippen LogP contribution in [0.3, 0.4) is 0 Å². The molecule has 2 N–H and O–H groups in total. The van der Waals surface area contributed by atoms with Crippen molar-refractivity contribution in [2.24, 2.45) is 10.9 Å². The molecule has 0 amide bonds. The summed E-state index contributed by atoms with van der Waals surface area (Å²) < 4.78 is 11.3. The van der Waals surface area contributed by atoms with Crippen LogP contribution in [0.1, 0.15) is 45.1 Å². The van der Waals surface area contributed by atoms with Gasteiger partial charge in [-0.3, -0.25) is 0 Å². The zero-order valence-electron chi connectivity index (χ0n) is 15.7. The van der Waals surface area contributed by atoms with Crippen LogP contribution in [0.2, 0.25) is 0 Å². The Labute approximate surface area is 152 Å². The van der Waals surface area contributed by atoms with Gasteiger partial charge in [-0.1, -0.05) is 18.2 Å². The van der Waals surface area contributed by atoms with Crippen molar-refractivity contribution in [1.82, 2.24) is 10.6 Å². The van der Waals surface area contributed by atoms with Crippen LogP contribution in [0.25, 0.3) is 0 Å². The minimum atomic E-state index is 0.620. The lowest BCUT2D eigenvalue weighted by molar-refractivity contribution is 0.143. The molecule has 0 aliphatic heterocycles. The average molecular weight is 348 g/mol. The van der Waals surface area contributed by atoms with Crippen molar-refractivity contribution in [3.05, 3.63) is 29.8 Å². The first-order chi connectivity index (χ1) is 12.3. The molecule has 1 aromatic carbocycles. The van der Waals surface area contributed by atoms with Gasteiger partial charge in [-0.2, -0.15) is 0 Å². The number of para-hydroxylation sites is 1. The second-order valence-electron chi connectivity index (χ2n) is 6.39. The Hall–Kier alpha value is -1.75. The van der Waals surface area contributed by atoms with E-state index < -0.39 is 0 Å². The molecule has 140 valence electrons. The van der Waals surface area contributed by atoms with E-state index in [-0.39, 0.29) is 0 Å². The van der Waals surface area contributed by atoms with Crippen molar-refractivity contribution in [3.8, 4) is 5.75 Å². The second-order valence-corrected chi connectivity index (χ2v) is 6.39. The third-order valence-corrected chi connectivity index (χ3v) is 4.11. The van der Waals surface area contributed by atoms with Gasteiger partial charge in [0.25, 0.3) is 0 Å². The molecule has 5 nitrogen and oxygen atoms in total. The Kier molecular flexibility index (Phi) is 9.19. The molecule has 0 atom stereocenters. The maximum Gasteiger partial charge on any atom is 0.191 e. The van der Waals surface area contributed by atoms with Gasteiger partial charge in [-0.15, -0.1) is 0 Å². The summed E-state index contributed by atoms with van der Waals surface area (Å²) in [7, 11) is 0. The SMILES string of the molecule is CCNC(=NCc1ccccc1OCC1CC1)NCCCCOCC. The topological polar surface area (TPSA) is 54.9 Å². The molecule has 1 saturated carbocycles. The van der Waals surface area contributed by atoms with E-state index >= 15 is 0 Å².